The first-order valence-electron chi connectivity index (χ1n) is 6.84. The molecule has 5 heteroatoms. The minimum Gasteiger partial charge on any atom is -0.494 e. The van der Waals surface area contributed by atoms with Crippen LogP contribution in [0, 0.1) is 0 Å². The zero-order chi connectivity index (χ0) is 15.1. The van der Waals surface area contributed by atoms with E-state index in [-0.39, 0.29) is 12.0 Å². The zero-order valence-corrected chi connectivity index (χ0v) is 12.7. The van der Waals surface area contributed by atoms with Crippen molar-refractivity contribution in [2.45, 2.75) is 26.9 Å². The van der Waals surface area contributed by atoms with Gasteiger partial charge in [0.1, 0.15) is 5.75 Å². The highest BCUT2D eigenvalue weighted by molar-refractivity contribution is 5.95. The molecule has 0 atom stereocenters. The minimum absolute atomic E-state index is 0.0920. The smallest absolute Gasteiger partial charge is 0.253 e. The quantitative estimate of drug-likeness (QED) is 0.777. The van der Waals surface area contributed by atoms with E-state index in [1.54, 1.807) is 30.1 Å². The molecule has 0 bridgehead atoms. The van der Waals surface area contributed by atoms with Crippen LogP contribution in [-0.2, 0) is 4.74 Å². The normalized spacial score (nSPS) is 10.7. The van der Waals surface area contributed by atoms with Gasteiger partial charge in [-0.1, -0.05) is 0 Å². The molecule has 1 rings (SSSR count). The third-order valence-electron chi connectivity index (χ3n) is 2.71. The van der Waals surface area contributed by atoms with Gasteiger partial charge in [0, 0.05) is 30.9 Å². The van der Waals surface area contributed by atoms with Gasteiger partial charge in [0.25, 0.3) is 5.91 Å². The Balaban J connectivity index is 2.70. The fourth-order valence-electron chi connectivity index (χ4n) is 1.74. The fourth-order valence-corrected chi connectivity index (χ4v) is 1.74. The number of nitrogen functional groups attached to an aromatic ring is 1. The van der Waals surface area contributed by atoms with E-state index < -0.39 is 0 Å². The highest BCUT2D eigenvalue weighted by Gasteiger charge is 2.13. The molecule has 112 valence electrons. The molecule has 0 aliphatic carbocycles. The van der Waals surface area contributed by atoms with E-state index in [0.717, 1.165) is 0 Å². The second-order valence-corrected chi connectivity index (χ2v) is 4.87. The van der Waals surface area contributed by atoms with Crippen LogP contribution in [0.2, 0.25) is 0 Å². The number of nitrogens with two attached hydrogens (primary N) is 1. The highest BCUT2D eigenvalue weighted by Crippen LogP contribution is 2.20. The third-order valence-corrected chi connectivity index (χ3v) is 2.71. The van der Waals surface area contributed by atoms with Gasteiger partial charge in [-0.2, -0.15) is 0 Å². The predicted molar refractivity (Wildman–Crippen MR) is 80.1 cm³/mol. The van der Waals surface area contributed by atoms with Crippen LogP contribution in [0.15, 0.2) is 18.2 Å². The SMILES string of the molecule is CCOc1cc(N)cc(C(=O)N(C)CCOC(C)C)c1. The Bertz CT molecular complexity index is 447. The number of benzene rings is 1. The molecular formula is C15H24N2O3. The van der Waals surface area contributed by atoms with Gasteiger partial charge in [0.15, 0.2) is 0 Å². The first-order chi connectivity index (χ1) is 9.43. The number of rotatable bonds is 7. The Morgan fingerprint density at radius 2 is 2.05 bits per heavy atom. The van der Waals surface area contributed by atoms with Crippen molar-refractivity contribution in [3.63, 3.8) is 0 Å². The molecule has 0 aliphatic rings. The number of likely N-dealkylation sites (N-methyl/N-ethyl adjacent to an activating group) is 1. The summed E-state index contributed by atoms with van der Waals surface area (Å²) in [6.45, 7) is 7.41. The van der Waals surface area contributed by atoms with E-state index in [4.69, 9.17) is 15.2 Å². The number of ether oxygens (including phenoxy) is 2. The summed E-state index contributed by atoms with van der Waals surface area (Å²) in [5.41, 5.74) is 6.84. The molecule has 5 nitrogen and oxygen atoms in total. The van der Waals surface area contributed by atoms with Crippen LogP contribution in [0.4, 0.5) is 5.69 Å². The largest absolute Gasteiger partial charge is 0.494 e. The van der Waals surface area contributed by atoms with Crippen LogP contribution in [0.25, 0.3) is 0 Å². The average molecular weight is 280 g/mol. The second kappa shape index (κ2) is 7.75. The molecule has 0 unspecified atom stereocenters. The summed E-state index contributed by atoms with van der Waals surface area (Å²) in [6.07, 6.45) is 0.162. The van der Waals surface area contributed by atoms with Crippen LogP contribution in [-0.4, -0.2) is 43.7 Å². The van der Waals surface area contributed by atoms with Crippen molar-refractivity contribution >= 4 is 11.6 Å². The van der Waals surface area contributed by atoms with Crippen LogP contribution in [0.3, 0.4) is 0 Å². The summed E-state index contributed by atoms with van der Waals surface area (Å²) in [5, 5.41) is 0. The van der Waals surface area contributed by atoms with Gasteiger partial charge in [-0.05, 0) is 32.9 Å². The molecular weight excluding hydrogens is 256 g/mol. The van der Waals surface area contributed by atoms with Gasteiger partial charge in [0.05, 0.1) is 19.3 Å². The molecule has 2 N–H and O–H groups in total. The maximum atomic E-state index is 12.3. The van der Waals surface area contributed by atoms with E-state index in [0.29, 0.717) is 36.8 Å². The molecule has 1 aromatic rings. The van der Waals surface area contributed by atoms with Crippen molar-refractivity contribution in [1.82, 2.24) is 4.90 Å². The van der Waals surface area contributed by atoms with Crippen LogP contribution < -0.4 is 10.5 Å². The fraction of sp³-hybridized carbons (Fsp3) is 0.533. The summed E-state index contributed by atoms with van der Waals surface area (Å²) < 4.78 is 10.8. The number of hydrogen-bond donors (Lipinski definition) is 1. The monoisotopic (exact) mass is 280 g/mol. The lowest BCUT2D eigenvalue weighted by atomic mass is 10.1. The lowest BCUT2D eigenvalue weighted by Gasteiger charge is -2.19. The van der Waals surface area contributed by atoms with Crippen LogP contribution in [0.5, 0.6) is 5.75 Å². The molecule has 0 radical (unpaired) electrons. The molecule has 20 heavy (non-hydrogen) atoms. The van der Waals surface area contributed by atoms with Crippen molar-refractivity contribution in [1.29, 1.82) is 0 Å². The van der Waals surface area contributed by atoms with Crippen molar-refractivity contribution in [3.05, 3.63) is 23.8 Å². The second-order valence-electron chi connectivity index (χ2n) is 4.87. The van der Waals surface area contributed by atoms with Crippen molar-refractivity contribution in [2.75, 3.05) is 32.5 Å². The van der Waals surface area contributed by atoms with Gasteiger partial charge in [-0.15, -0.1) is 0 Å². The van der Waals surface area contributed by atoms with E-state index in [9.17, 15) is 4.79 Å². The average Bonchev–Trinajstić information content (AvgIpc) is 2.37. The van der Waals surface area contributed by atoms with Crippen molar-refractivity contribution in [2.24, 2.45) is 0 Å². The number of amides is 1. The number of carbonyl (C=O) groups excluding carboxylic acids is 1. The molecule has 0 saturated carbocycles. The summed E-state index contributed by atoms with van der Waals surface area (Å²) in [5.74, 6) is 0.522. The van der Waals surface area contributed by atoms with E-state index in [1.807, 2.05) is 20.8 Å². The Labute approximate surface area is 120 Å². The number of carbonyl (C=O) groups is 1. The standard InChI is InChI=1S/C15H24N2O3/c1-5-19-14-9-12(8-13(16)10-14)15(18)17(4)6-7-20-11(2)3/h8-11H,5-7,16H2,1-4H3. The van der Waals surface area contributed by atoms with Gasteiger partial charge in [-0.25, -0.2) is 0 Å². The Kier molecular flexibility index (Phi) is 6.31. The molecule has 0 heterocycles. The van der Waals surface area contributed by atoms with Gasteiger partial charge >= 0.3 is 0 Å². The molecule has 0 fully saturated rings. The number of anilines is 1. The summed E-state index contributed by atoms with van der Waals surface area (Å²) >= 11 is 0. The Morgan fingerprint density at radius 1 is 1.35 bits per heavy atom. The molecule has 0 spiro atoms. The Hall–Kier alpha value is -1.75. The maximum absolute atomic E-state index is 12.3. The summed E-state index contributed by atoms with van der Waals surface area (Å²) in [6, 6.07) is 5.08. The maximum Gasteiger partial charge on any atom is 0.253 e. The third kappa shape index (κ3) is 5.09. The predicted octanol–water partition coefficient (Wildman–Crippen LogP) is 2.16. The first kappa shape index (κ1) is 16.3. The highest BCUT2D eigenvalue weighted by atomic mass is 16.5. The van der Waals surface area contributed by atoms with Gasteiger partial charge in [0.2, 0.25) is 0 Å². The van der Waals surface area contributed by atoms with Gasteiger partial charge < -0.3 is 20.1 Å². The van der Waals surface area contributed by atoms with Crippen molar-refractivity contribution in [3.8, 4) is 5.75 Å². The molecule has 1 aromatic carbocycles. The van der Waals surface area contributed by atoms with E-state index in [1.165, 1.54) is 0 Å². The van der Waals surface area contributed by atoms with Crippen LogP contribution in [0.1, 0.15) is 31.1 Å². The lowest BCUT2D eigenvalue weighted by Crippen LogP contribution is -2.30. The molecule has 0 aromatic heterocycles. The molecule has 1 amide bonds. The van der Waals surface area contributed by atoms with Crippen molar-refractivity contribution < 1.29 is 14.3 Å². The van der Waals surface area contributed by atoms with Gasteiger partial charge in [-0.3, -0.25) is 4.79 Å². The Morgan fingerprint density at radius 3 is 2.65 bits per heavy atom. The van der Waals surface area contributed by atoms with E-state index >= 15 is 0 Å². The minimum atomic E-state index is -0.0920. The molecule has 0 aliphatic heterocycles. The summed E-state index contributed by atoms with van der Waals surface area (Å²) in [7, 11) is 1.75. The number of nitrogens with zero attached hydrogens (tertiary/aromatic N) is 1. The van der Waals surface area contributed by atoms with E-state index in [2.05, 4.69) is 0 Å². The summed E-state index contributed by atoms with van der Waals surface area (Å²) in [4.78, 5) is 13.9. The molecule has 0 saturated heterocycles. The topological polar surface area (TPSA) is 64.8 Å². The van der Waals surface area contributed by atoms with Crippen LogP contribution >= 0.6 is 0 Å². The first-order valence-corrected chi connectivity index (χ1v) is 6.84. The number of hydrogen-bond acceptors (Lipinski definition) is 4. The zero-order valence-electron chi connectivity index (χ0n) is 12.7. The lowest BCUT2D eigenvalue weighted by molar-refractivity contribution is 0.0532.